The van der Waals surface area contributed by atoms with E-state index < -0.39 is 0 Å². The average Bonchev–Trinajstić information content (AvgIpc) is 2.97. The molecule has 3 rings (SSSR count). The number of carbonyl (C=O) groups excluding carboxylic acids is 1. The molecule has 5 nitrogen and oxygen atoms in total. The number of nitrogens with zero attached hydrogens (tertiary/aromatic N) is 4. The fourth-order valence-electron chi connectivity index (χ4n) is 2.89. The Kier molecular flexibility index (Phi) is 5.58. The van der Waals surface area contributed by atoms with Crippen LogP contribution in [-0.4, -0.2) is 51.9 Å². The zero-order valence-electron chi connectivity index (χ0n) is 14.3. The Morgan fingerprint density at radius 1 is 1.29 bits per heavy atom. The van der Waals surface area contributed by atoms with E-state index in [2.05, 4.69) is 34.8 Å². The van der Waals surface area contributed by atoms with Gasteiger partial charge in [0.15, 0.2) is 0 Å². The van der Waals surface area contributed by atoms with E-state index in [-0.39, 0.29) is 5.91 Å². The van der Waals surface area contributed by atoms with Gasteiger partial charge in [0.2, 0.25) is 0 Å². The van der Waals surface area contributed by atoms with Crippen LogP contribution < -0.4 is 0 Å². The Labute approximate surface area is 147 Å². The van der Waals surface area contributed by atoms with Gasteiger partial charge in [0, 0.05) is 56.4 Å². The van der Waals surface area contributed by atoms with Crippen LogP contribution in [0.15, 0.2) is 29.9 Å². The Bertz CT molecular complexity index is 671. The van der Waals surface area contributed by atoms with Crippen LogP contribution in [0.25, 0.3) is 0 Å². The Morgan fingerprint density at radius 3 is 2.88 bits per heavy atom. The largest absolute Gasteiger partial charge is 0.336 e. The molecule has 6 heteroatoms. The first-order chi connectivity index (χ1) is 11.6. The lowest BCUT2D eigenvalue weighted by Gasteiger charge is -2.21. The molecule has 1 amide bonds. The minimum Gasteiger partial charge on any atom is -0.336 e. The number of hydrogen-bond donors (Lipinski definition) is 0. The second kappa shape index (κ2) is 7.85. The van der Waals surface area contributed by atoms with E-state index in [0.29, 0.717) is 11.6 Å². The minimum atomic E-state index is 0.0707. The summed E-state index contributed by atoms with van der Waals surface area (Å²) in [4.78, 5) is 25.7. The lowest BCUT2D eigenvalue weighted by Crippen LogP contribution is -2.35. The summed E-state index contributed by atoms with van der Waals surface area (Å²) >= 11 is 1.58. The van der Waals surface area contributed by atoms with E-state index in [1.165, 1.54) is 5.56 Å². The third-order valence-electron chi connectivity index (χ3n) is 4.24. The van der Waals surface area contributed by atoms with Crippen LogP contribution >= 0.6 is 11.3 Å². The number of carbonyl (C=O) groups is 1. The van der Waals surface area contributed by atoms with Gasteiger partial charge in [-0.2, -0.15) is 0 Å². The first-order valence-corrected chi connectivity index (χ1v) is 9.37. The smallest absolute Gasteiger partial charge is 0.273 e. The molecular weight excluding hydrogens is 320 g/mol. The second-order valence-corrected chi connectivity index (χ2v) is 7.40. The summed E-state index contributed by atoms with van der Waals surface area (Å²) in [5.41, 5.74) is 1.82. The van der Waals surface area contributed by atoms with Crippen molar-refractivity contribution in [3.8, 4) is 0 Å². The maximum Gasteiger partial charge on any atom is 0.273 e. The predicted molar refractivity (Wildman–Crippen MR) is 96.2 cm³/mol. The van der Waals surface area contributed by atoms with Gasteiger partial charge in [-0.3, -0.25) is 14.7 Å². The van der Waals surface area contributed by atoms with Crippen molar-refractivity contribution < 1.29 is 4.79 Å². The topological polar surface area (TPSA) is 49.3 Å². The lowest BCUT2D eigenvalue weighted by molar-refractivity contribution is 0.0756. The van der Waals surface area contributed by atoms with Gasteiger partial charge in [-0.1, -0.05) is 19.9 Å². The van der Waals surface area contributed by atoms with Gasteiger partial charge in [-0.05, 0) is 18.1 Å². The molecular formula is C18H24N4OS. The van der Waals surface area contributed by atoms with Gasteiger partial charge in [0.1, 0.15) is 5.69 Å². The molecule has 0 aromatic carbocycles. The third-order valence-corrected chi connectivity index (χ3v) is 5.38. The van der Waals surface area contributed by atoms with Crippen LogP contribution in [0.5, 0.6) is 0 Å². The summed E-state index contributed by atoms with van der Waals surface area (Å²) in [5.74, 6) is 0.442. The monoisotopic (exact) mass is 344 g/mol. The van der Waals surface area contributed by atoms with Crippen LogP contribution in [0.4, 0.5) is 0 Å². The average molecular weight is 344 g/mol. The number of rotatable bonds is 4. The number of pyridine rings is 1. The highest BCUT2D eigenvalue weighted by Gasteiger charge is 2.22. The van der Waals surface area contributed by atoms with E-state index in [9.17, 15) is 4.79 Å². The number of amides is 1. The van der Waals surface area contributed by atoms with E-state index in [0.717, 1.165) is 44.2 Å². The molecule has 0 unspecified atom stereocenters. The van der Waals surface area contributed by atoms with Crippen molar-refractivity contribution in [2.75, 3.05) is 26.2 Å². The number of hydrogen-bond acceptors (Lipinski definition) is 5. The molecule has 2 aromatic rings. The molecule has 3 heterocycles. The second-order valence-electron chi connectivity index (χ2n) is 6.51. The normalized spacial score (nSPS) is 16.4. The van der Waals surface area contributed by atoms with Crippen LogP contribution in [0.2, 0.25) is 0 Å². The SMILES string of the molecule is CC(C)c1nc(C(=O)N2CCCN(Cc3cccnc3)CC2)cs1. The maximum absolute atomic E-state index is 12.7. The molecule has 1 aliphatic rings. The van der Waals surface area contributed by atoms with Crippen molar-refractivity contribution in [2.24, 2.45) is 0 Å². The van der Waals surface area contributed by atoms with Crippen molar-refractivity contribution in [2.45, 2.75) is 32.7 Å². The van der Waals surface area contributed by atoms with Gasteiger partial charge in [-0.25, -0.2) is 4.98 Å². The van der Waals surface area contributed by atoms with Gasteiger partial charge < -0.3 is 4.90 Å². The highest BCUT2D eigenvalue weighted by molar-refractivity contribution is 7.09. The molecule has 0 atom stereocenters. The highest BCUT2D eigenvalue weighted by atomic mass is 32.1. The Morgan fingerprint density at radius 2 is 2.17 bits per heavy atom. The molecule has 128 valence electrons. The van der Waals surface area contributed by atoms with Crippen LogP contribution in [0.3, 0.4) is 0 Å². The first-order valence-electron chi connectivity index (χ1n) is 8.49. The van der Waals surface area contributed by atoms with Crippen LogP contribution in [-0.2, 0) is 6.54 Å². The Balaban J connectivity index is 1.59. The van der Waals surface area contributed by atoms with Gasteiger partial charge in [0.25, 0.3) is 5.91 Å². The van der Waals surface area contributed by atoms with Crippen molar-refractivity contribution in [1.82, 2.24) is 19.8 Å². The van der Waals surface area contributed by atoms with Crippen LogP contribution in [0.1, 0.15) is 47.2 Å². The molecule has 0 bridgehead atoms. The molecule has 24 heavy (non-hydrogen) atoms. The molecule has 0 spiro atoms. The molecule has 2 aromatic heterocycles. The highest BCUT2D eigenvalue weighted by Crippen LogP contribution is 2.20. The number of thiazole rings is 1. The van der Waals surface area contributed by atoms with E-state index in [1.807, 2.05) is 22.5 Å². The summed E-state index contributed by atoms with van der Waals surface area (Å²) in [6.45, 7) is 8.56. The zero-order chi connectivity index (χ0) is 16.9. The molecule has 1 saturated heterocycles. The predicted octanol–water partition coefficient (Wildman–Crippen LogP) is 3.01. The molecule has 0 N–H and O–H groups in total. The van der Waals surface area contributed by atoms with Gasteiger partial charge in [0.05, 0.1) is 5.01 Å². The summed E-state index contributed by atoms with van der Waals surface area (Å²) in [6, 6.07) is 4.07. The lowest BCUT2D eigenvalue weighted by atomic mass is 10.2. The molecule has 1 aliphatic heterocycles. The fourth-order valence-corrected chi connectivity index (χ4v) is 3.70. The molecule has 0 aliphatic carbocycles. The van der Waals surface area contributed by atoms with E-state index in [1.54, 1.807) is 17.5 Å². The van der Waals surface area contributed by atoms with Crippen molar-refractivity contribution in [3.63, 3.8) is 0 Å². The van der Waals surface area contributed by atoms with Gasteiger partial charge in [-0.15, -0.1) is 11.3 Å². The first kappa shape index (κ1) is 17.0. The van der Waals surface area contributed by atoms with Gasteiger partial charge >= 0.3 is 0 Å². The summed E-state index contributed by atoms with van der Waals surface area (Å²) in [6.07, 6.45) is 4.70. The van der Waals surface area contributed by atoms with Crippen molar-refractivity contribution in [1.29, 1.82) is 0 Å². The van der Waals surface area contributed by atoms with Crippen molar-refractivity contribution >= 4 is 17.2 Å². The van der Waals surface area contributed by atoms with Crippen LogP contribution in [0, 0.1) is 0 Å². The number of aromatic nitrogens is 2. The van der Waals surface area contributed by atoms with E-state index in [4.69, 9.17) is 0 Å². The molecule has 0 saturated carbocycles. The minimum absolute atomic E-state index is 0.0707. The quantitative estimate of drug-likeness (QED) is 0.855. The summed E-state index contributed by atoms with van der Waals surface area (Å²) in [5, 5.41) is 2.93. The molecule has 1 fully saturated rings. The fraction of sp³-hybridized carbons (Fsp3) is 0.500. The third kappa shape index (κ3) is 4.19. The maximum atomic E-state index is 12.7. The summed E-state index contributed by atoms with van der Waals surface area (Å²) in [7, 11) is 0. The Hall–Kier alpha value is -1.79. The standard InChI is InChI=1S/C18H24N4OS/c1-14(2)17-20-16(13-24-17)18(23)22-8-4-7-21(9-10-22)12-15-5-3-6-19-11-15/h3,5-6,11,13-14H,4,7-10,12H2,1-2H3. The van der Waals surface area contributed by atoms with E-state index >= 15 is 0 Å². The summed E-state index contributed by atoms with van der Waals surface area (Å²) < 4.78 is 0. The molecule has 0 radical (unpaired) electrons. The zero-order valence-corrected chi connectivity index (χ0v) is 15.1. The van der Waals surface area contributed by atoms with Crippen molar-refractivity contribution in [3.05, 3.63) is 46.2 Å².